The summed E-state index contributed by atoms with van der Waals surface area (Å²) in [5.74, 6) is 0. The molecule has 0 unspecified atom stereocenters. The minimum absolute atomic E-state index is 0.103. The SMILES string of the molecule is CCN(CCn1cc(Cl)cn1)[C@@H]1COC[C@H]1O. The molecule has 6 heteroatoms. The van der Waals surface area contributed by atoms with E-state index in [1.165, 1.54) is 0 Å². The maximum Gasteiger partial charge on any atom is 0.0950 e. The second-order valence-electron chi connectivity index (χ2n) is 4.22. The molecule has 0 saturated carbocycles. The third kappa shape index (κ3) is 3.19. The summed E-state index contributed by atoms with van der Waals surface area (Å²) in [6, 6.07) is 0.103. The molecule has 1 aromatic rings. The maximum absolute atomic E-state index is 9.78. The van der Waals surface area contributed by atoms with Crippen molar-refractivity contribution in [3.05, 3.63) is 17.4 Å². The Morgan fingerprint density at radius 1 is 1.65 bits per heavy atom. The van der Waals surface area contributed by atoms with Crippen LogP contribution in [-0.4, -0.2) is 58.2 Å². The van der Waals surface area contributed by atoms with Gasteiger partial charge in [0.15, 0.2) is 0 Å². The first-order chi connectivity index (χ1) is 8.20. The van der Waals surface area contributed by atoms with Gasteiger partial charge in [0.2, 0.25) is 0 Å². The average molecular weight is 260 g/mol. The lowest BCUT2D eigenvalue weighted by molar-refractivity contribution is 0.0823. The van der Waals surface area contributed by atoms with Crippen LogP contribution in [0.2, 0.25) is 5.02 Å². The van der Waals surface area contributed by atoms with Gasteiger partial charge < -0.3 is 9.84 Å². The zero-order valence-electron chi connectivity index (χ0n) is 9.92. The molecule has 1 saturated heterocycles. The van der Waals surface area contributed by atoms with Gasteiger partial charge in [0.25, 0.3) is 0 Å². The largest absolute Gasteiger partial charge is 0.389 e. The summed E-state index contributed by atoms with van der Waals surface area (Å²) in [6.07, 6.45) is 3.05. The van der Waals surface area contributed by atoms with Gasteiger partial charge in [0.05, 0.1) is 43.1 Å². The molecular formula is C11H18ClN3O2. The zero-order valence-corrected chi connectivity index (χ0v) is 10.7. The van der Waals surface area contributed by atoms with Crippen molar-refractivity contribution in [3.8, 4) is 0 Å². The van der Waals surface area contributed by atoms with Gasteiger partial charge in [-0.1, -0.05) is 18.5 Å². The minimum atomic E-state index is -0.379. The Balaban J connectivity index is 1.87. The topological polar surface area (TPSA) is 50.5 Å². The summed E-state index contributed by atoms with van der Waals surface area (Å²) in [4.78, 5) is 2.22. The predicted octanol–water partition coefficient (Wildman–Crippen LogP) is 0.618. The molecule has 2 rings (SSSR count). The van der Waals surface area contributed by atoms with Crippen molar-refractivity contribution >= 4 is 11.6 Å². The third-order valence-electron chi connectivity index (χ3n) is 3.11. The lowest BCUT2D eigenvalue weighted by Gasteiger charge is -2.28. The summed E-state index contributed by atoms with van der Waals surface area (Å²) >= 11 is 5.80. The highest BCUT2D eigenvalue weighted by molar-refractivity contribution is 6.30. The van der Waals surface area contributed by atoms with Gasteiger partial charge in [0, 0.05) is 12.7 Å². The molecule has 0 amide bonds. The van der Waals surface area contributed by atoms with Crippen LogP contribution in [-0.2, 0) is 11.3 Å². The van der Waals surface area contributed by atoms with Gasteiger partial charge in [-0.05, 0) is 6.54 Å². The Bertz CT molecular complexity index is 358. The number of aliphatic hydroxyl groups is 1. The molecule has 1 aliphatic heterocycles. The normalized spacial score (nSPS) is 24.7. The molecule has 0 aliphatic carbocycles. The number of hydrogen-bond acceptors (Lipinski definition) is 4. The lowest BCUT2D eigenvalue weighted by atomic mass is 10.2. The van der Waals surface area contributed by atoms with Gasteiger partial charge >= 0.3 is 0 Å². The highest BCUT2D eigenvalue weighted by atomic mass is 35.5. The number of halogens is 1. The fourth-order valence-electron chi connectivity index (χ4n) is 2.13. The van der Waals surface area contributed by atoms with Gasteiger partial charge in [-0.15, -0.1) is 0 Å². The van der Waals surface area contributed by atoms with E-state index in [2.05, 4.69) is 16.9 Å². The Morgan fingerprint density at radius 3 is 3.00 bits per heavy atom. The minimum Gasteiger partial charge on any atom is -0.389 e. The smallest absolute Gasteiger partial charge is 0.0950 e. The first-order valence-electron chi connectivity index (χ1n) is 5.88. The lowest BCUT2D eigenvalue weighted by Crippen LogP contribution is -2.44. The van der Waals surface area contributed by atoms with E-state index in [9.17, 15) is 5.11 Å². The second-order valence-corrected chi connectivity index (χ2v) is 4.66. The van der Waals surface area contributed by atoms with Crippen LogP contribution in [0.15, 0.2) is 12.4 Å². The molecule has 96 valence electrons. The molecule has 1 fully saturated rings. The zero-order chi connectivity index (χ0) is 12.3. The highest BCUT2D eigenvalue weighted by Crippen LogP contribution is 2.13. The fraction of sp³-hybridized carbons (Fsp3) is 0.727. The van der Waals surface area contributed by atoms with Crippen molar-refractivity contribution in [2.45, 2.75) is 25.6 Å². The van der Waals surface area contributed by atoms with E-state index in [1.807, 2.05) is 4.68 Å². The molecule has 0 bridgehead atoms. The molecule has 2 atom stereocenters. The van der Waals surface area contributed by atoms with Crippen molar-refractivity contribution in [1.29, 1.82) is 0 Å². The van der Waals surface area contributed by atoms with Crippen LogP contribution in [0.1, 0.15) is 6.92 Å². The van der Waals surface area contributed by atoms with Crippen LogP contribution in [0.5, 0.6) is 0 Å². The van der Waals surface area contributed by atoms with Crippen LogP contribution in [0.4, 0.5) is 0 Å². The van der Waals surface area contributed by atoms with Crippen molar-refractivity contribution in [3.63, 3.8) is 0 Å². The number of aromatic nitrogens is 2. The van der Waals surface area contributed by atoms with E-state index in [4.69, 9.17) is 16.3 Å². The number of aliphatic hydroxyl groups excluding tert-OH is 1. The number of ether oxygens (including phenoxy) is 1. The Hall–Kier alpha value is -0.620. The van der Waals surface area contributed by atoms with Crippen LogP contribution >= 0.6 is 11.6 Å². The number of rotatable bonds is 5. The third-order valence-corrected chi connectivity index (χ3v) is 3.31. The Labute approximate surface area is 106 Å². The molecule has 5 nitrogen and oxygen atoms in total. The molecule has 1 N–H and O–H groups in total. The molecule has 2 heterocycles. The first kappa shape index (κ1) is 12.8. The van der Waals surface area contributed by atoms with Crippen LogP contribution in [0.3, 0.4) is 0 Å². The average Bonchev–Trinajstić information content (AvgIpc) is 2.90. The summed E-state index contributed by atoms with van der Waals surface area (Å²) in [5, 5.41) is 14.6. The Kier molecular flexibility index (Phi) is 4.39. The molecular weight excluding hydrogens is 242 g/mol. The molecule has 1 aromatic heterocycles. The van der Waals surface area contributed by atoms with Crippen LogP contribution < -0.4 is 0 Å². The fourth-order valence-corrected chi connectivity index (χ4v) is 2.29. The molecule has 0 aromatic carbocycles. The van der Waals surface area contributed by atoms with E-state index < -0.39 is 0 Å². The van der Waals surface area contributed by atoms with Crippen LogP contribution in [0.25, 0.3) is 0 Å². The number of hydrogen-bond donors (Lipinski definition) is 1. The number of nitrogens with zero attached hydrogens (tertiary/aromatic N) is 3. The van der Waals surface area contributed by atoms with Gasteiger partial charge in [-0.3, -0.25) is 9.58 Å². The summed E-state index contributed by atoms with van der Waals surface area (Å²) in [7, 11) is 0. The Morgan fingerprint density at radius 2 is 2.47 bits per heavy atom. The maximum atomic E-state index is 9.78. The van der Waals surface area contributed by atoms with E-state index in [1.54, 1.807) is 12.4 Å². The summed E-state index contributed by atoms with van der Waals surface area (Å²) < 4.78 is 7.09. The highest BCUT2D eigenvalue weighted by Gasteiger charge is 2.30. The van der Waals surface area contributed by atoms with Gasteiger partial charge in [0.1, 0.15) is 0 Å². The van der Waals surface area contributed by atoms with E-state index in [0.29, 0.717) is 18.2 Å². The molecule has 17 heavy (non-hydrogen) atoms. The predicted molar refractivity (Wildman–Crippen MR) is 65.1 cm³/mol. The van der Waals surface area contributed by atoms with Gasteiger partial charge in [-0.25, -0.2) is 0 Å². The molecule has 1 aliphatic rings. The standard InChI is InChI=1S/C11H18ClN3O2/c1-2-14(10-7-17-8-11(10)16)3-4-15-6-9(12)5-13-15/h5-6,10-11,16H,2-4,7-8H2,1H3/t10-,11-/m1/s1. The summed E-state index contributed by atoms with van der Waals surface area (Å²) in [6.45, 7) is 5.62. The quantitative estimate of drug-likeness (QED) is 0.842. The van der Waals surface area contributed by atoms with Crippen LogP contribution in [0, 0.1) is 0 Å². The number of likely N-dealkylation sites (N-methyl/N-ethyl adjacent to an activating group) is 1. The van der Waals surface area contributed by atoms with Crippen molar-refractivity contribution in [2.75, 3.05) is 26.3 Å². The van der Waals surface area contributed by atoms with Gasteiger partial charge in [-0.2, -0.15) is 5.10 Å². The monoisotopic (exact) mass is 259 g/mol. The van der Waals surface area contributed by atoms with Crippen molar-refractivity contribution < 1.29 is 9.84 Å². The van der Waals surface area contributed by atoms with E-state index >= 15 is 0 Å². The molecule has 0 spiro atoms. The van der Waals surface area contributed by atoms with Crippen molar-refractivity contribution in [2.24, 2.45) is 0 Å². The molecule has 0 radical (unpaired) electrons. The summed E-state index contributed by atoms with van der Waals surface area (Å²) in [5.41, 5.74) is 0. The van der Waals surface area contributed by atoms with Crippen molar-refractivity contribution in [1.82, 2.24) is 14.7 Å². The second kappa shape index (κ2) is 5.82. The van der Waals surface area contributed by atoms with E-state index in [-0.39, 0.29) is 12.1 Å². The van der Waals surface area contributed by atoms with E-state index in [0.717, 1.165) is 19.6 Å². The first-order valence-corrected chi connectivity index (χ1v) is 6.26.